The van der Waals surface area contributed by atoms with Crippen molar-refractivity contribution in [2.75, 3.05) is 0 Å². The number of hydrogen-bond donors (Lipinski definition) is 2. The first-order valence-electron chi connectivity index (χ1n) is 6.28. The molecule has 0 saturated carbocycles. The van der Waals surface area contributed by atoms with Crippen LogP contribution in [0, 0.1) is 11.3 Å². The van der Waals surface area contributed by atoms with Crippen LogP contribution in [0.25, 0.3) is 5.57 Å². The Bertz CT molecular complexity index is 731. The molecule has 0 aliphatic carbocycles. The first-order valence-corrected chi connectivity index (χ1v) is 7.03. The van der Waals surface area contributed by atoms with Crippen molar-refractivity contribution in [2.24, 2.45) is 0 Å². The van der Waals surface area contributed by atoms with Gasteiger partial charge in [-0.25, -0.2) is 0 Å². The lowest BCUT2D eigenvalue weighted by Gasteiger charge is -2.06. The molecule has 0 heterocycles. The van der Waals surface area contributed by atoms with Gasteiger partial charge in [0.15, 0.2) is 0 Å². The zero-order chi connectivity index (χ0) is 15.9. The molecule has 22 heavy (non-hydrogen) atoms. The van der Waals surface area contributed by atoms with E-state index in [1.54, 1.807) is 48.5 Å². The maximum atomic E-state index is 11.9. The molecule has 0 bridgehead atoms. The lowest BCUT2D eigenvalue weighted by atomic mass is 10.1. The summed E-state index contributed by atoms with van der Waals surface area (Å²) in [5, 5.41) is 10.3. The van der Waals surface area contributed by atoms with Crippen molar-refractivity contribution in [2.45, 2.75) is 0 Å². The van der Waals surface area contributed by atoms with E-state index in [1.807, 2.05) is 6.07 Å². The van der Waals surface area contributed by atoms with E-state index in [4.69, 9.17) is 28.5 Å². The normalized spacial score (nSPS) is 10.7. The van der Waals surface area contributed by atoms with E-state index in [9.17, 15) is 4.79 Å². The summed E-state index contributed by atoms with van der Waals surface area (Å²) in [6, 6.07) is 15.3. The molecule has 0 saturated heterocycles. The van der Waals surface area contributed by atoms with Crippen LogP contribution in [-0.4, -0.2) is 5.91 Å². The van der Waals surface area contributed by atoms with Gasteiger partial charge in [0.2, 0.25) is 0 Å². The van der Waals surface area contributed by atoms with Gasteiger partial charge in [-0.15, -0.1) is 0 Å². The quantitative estimate of drug-likeness (QED) is 0.661. The van der Waals surface area contributed by atoms with Gasteiger partial charge in [-0.2, -0.15) is 5.26 Å². The summed E-state index contributed by atoms with van der Waals surface area (Å²) in [5.74, 6) is -0.332. The molecule has 0 radical (unpaired) electrons. The van der Waals surface area contributed by atoms with Gasteiger partial charge in [0, 0.05) is 21.8 Å². The van der Waals surface area contributed by atoms with Crippen LogP contribution < -0.4 is 10.9 Å². The van der Waals surface area contributed by atoms with E-state index >= 15 is 0 Å². The molecule has 0 aliphatic heterocycles. The molecule has 2 aromatic rings. The lowest BCUT2D eigenvalue weighted by molar-refractivity contribution is 0.0941. The molecule has 6 heteroatoms. The van der Waals surface area contributed by atoms with Crippen LogP contribution in [0.15, 0.2) is 54.7 Å². The number of nitrogens with one attached hydrogen (secondary N) is 2. The predicted molar refractivity (Wildman–Crippen MR) is 87.1 cm³/mol. The first-order chi connectivity index (χ1) is 10.6. The maximum Gasteiger partial charge on any atom is 0.269 e. The van der Waals surface area contributed by atoms with Crippen LogP contribution in [-0.2, 0) is 0 Å². The number of carbonyl (C=O) groups excluding carboxylic acids is 1. The molecule has 0 atom stereocenters. The van der Waals surface area contributed by atoms with Crippen LogP contribution in [0.4, 0.5) is 0 Å². The molecule has 4 nitrogen and oxygen atoms in total. The molecular formula is C16H11Cl2N3O. The van der Waals surface area contributed by atoms with Crippen molar-refractivity contribution in [3.05, 3.63) is 75.9 Å². The molecule has 110 valence electrons. The molecule has 0 aliphatic rings. The third kappa shape index (κ3) is 4.26. The van der Waals surface area contributed by atoms with E-state index < -0.39 is 0 Å². The summed E-state index contributed by atoms with van der Waals surface area (Å²) in [6.07, 6.45) is 1.41. The number of rotatable bonds is 4. The van der Waals surface area contributed by atoms with E-state index in [1.165, 1.54) is 6.20 Å². The largest absolute Gasteiger partial charge is 0.304 e. The highest BCUT2D eigenvalue weighted by atomic mass is 35.5. The van der Waals surface area contributed by atoms with E-state index in [-0.39, 0.29) is 5.91 Å². The summed E-state index contributed by atoms with van der Waals surface area (Å²) in [7, 11) is 0. The summed E-state index contributed by atoms with van der Waals surface area (Å²) in [6.45, 7) is 0. The van der Waals surface area contributed by atoms with Gasteiger partial charge in [0.1, 0.15) is 6.07 Å². The van der Waals surface area contributed by atoms with Crippen molar-refractivity contribution in [1.29, 1.82) is 5.26 Å². The number of carbonyl (C=O) groups is 1. The first kappa shape index (κ1) is 15.9. The molecule has 2 rings (SSSR count). The number of hydrazine groups is 1. The van der Waals surface area contributed by atoms with Crippen LogP contribution in [0.1, 0.15) is 15.9 Å². The van der Waals surface area contributed by atoms with Crippen LogP contribution in [0.2, 0.25) is 10.0 Å². The Hall–Kier alpha value is -2.48. The molecule has 0 fully saturated rings. The minimum Gasteiger partial charge on any atom is -0.304 e. The van der Waals surface area contributed by atoms with Crippen LogP contribution in [0.5, 0.6) is 0 Å². The summed E-state index contributed by atoms with van der Waals surface area (Å²) < 4.78 is 0. The van der Waals surface area contributed by atoms with Gasteiger partial charge < -0.3 is 5.43 Å². The van der Waals surface area contributed by atoms with Gasteiger partial charge in [0.05, 0.1) is 5.57 Å². The number of nitriles is 1. The summed E-state index contributed by atoms with van der Waals surface area (Å²) >= 11 is 11.6. The zero-order valence-corrected chi connectivity index (χ0v) is 12.8. The van der Waals surface area contributed by atoms with Crippen molar-refractivity contribution >= 4 is 34.7 Å². The highest BCUT2D eigenvalue weighted by molar-refractivity contribution is 6.30. The Balaban J connectivity index is 2.01. The van der Waals surface area contributed by atoms with Gasteiger partial charge in [0.25, 0.3) is 5.91 Å². The number of benzene rings is 2. The van der Waals surface area contributed by atoms with Gasteiger partial charge in [-0.05, 0) is 42.0 Å². The molecule has 2 N–H and O–H groups in total. The number of hydrogen-bond acceptors (Lipinski definition) is 3. The molecule has 2 aromatic carbocycles. The number of halogens is 2. The smallest absolute Gasteiger partial charge is 0.269 e. The second-order valence-electron chi connectivity index (χ2n) is 4.28. The number of amides is 1. The Morgan fingerprint density at radius 1 is 0.955 bits per heavy atom. The predicted octanol–water partition coefficient (Wildman–Crippen LogP) is 3.79. The minimum atomic E-state index is -0.332. The highest BCUT2D eigenvalue weighted by Gasteiger charge is 2.04. The standard InChI is InChI=1S/C16H11Cl2N3O/c17-14-5-1-11(2-6-14)13(9-19)10-20-21-16(22)12-3-7-15(18)8-4-12/h1-8,10,20H,(H,21,22). The van der Waals surface area contributed by atoms with Crippen molar-refractivity contribution in [3.63, 3.8) is 0 Å². The Morgan fingerprint density at radius 3 is 1.95 bits per heavy atom. The zero-order valence-electron chi connectivity index (χ0n) is 11.3. The molecule has 0 aromatic heterocycles. The van der Waals surface area contributed by atoms with Crippen LogP contribution in [0.3, 0.4) is 0 Å². The average Bonchev–Trinajstić information content (AvgIpc) is 2.53. The monoisotopic (exact) mass is 331 g/mol. The molecule has 0 unspecified atom stereocenters. The second kappa shape index (κ2) is 7.51. The highest BCUT2D eigenvalue weighted by Crippen LogP contribution is 2.16. The van der Waals surface area contributed by atoms with Gasteiger partial charge in [-0.1, -0.05) is 35.3 Å². The molecule has 0 spiro atoms. The van der Waals surface area contributed by atoms with Crippen LogP contribution >= 0.6 is 23.2 Å². The fraction of sp³-hybridized carbons (Fsp3) is 0. The lowest BCUT2D eigenvalue weighted by Crippen LogP contribution is -2.33. The average molecular weight is 332 g/mol. The van der Waals surface area contributed by atoms with Crippen molar-refractivity contribution in [1.82, 2.24) is 10.9 Å². The van der Waals surface area contributed by atoms with E-state index in [2.05, 4.69) is 10.9 Å². The minimum absolute atomic E-state index is 0.332. The summed E-state index contributed by atoms with van der Waals surface area (Å²) in [5.41, 5.74) is 6.61. The molecule has 1 amide bonds. The maximum absolute atomic E-state index is 11.9. The van der Waals surface area contributed by atoms with Gasteiger partial charge >= 0.3 is 0 Å². The van der Waals surface area contributed by atoms with Gasteiger partial charge in [-0.3, -0.25) is 10.2 Å². The molecular weight excluding hydrogens is 321 g/mol. The summed E-state index contributed by atoms with van der Waals surface area (Å²) in [4.78, 5) is 11.9. The van der Waals surface area contributed by atoms with Crippen molar-refractivity contribution < 1.29 is 4.79 Å². The Kier molecular flexibility index (Phi) is 5.42. The van der Waals surface area contributed by atoms with E-state index in [0.717, 1.165) is 0 Å². The SMILES string of the molecule is N#CC(=CNNC(=O)c1ccc(Cl)cc1)c1ccc(Cl)cc1. The fourth-order valence-electron chi connectivity index (χ4n) is 1.66. The number of nitrogens with zero attached hydrogens (tertiary/aromatic N) is 1. The van der Waals surface area contributed by atoms with Crippen molar-refractivity contribution in [3.8, 4) is 6.07 Å². The second-order valence-corrected chi connectivity index (χ2v) is 5.15. The Labute approximate surface area is 137 Å². The topological polar surface area (TPSA) is 64.9 Å². The fourth-order valence-corrected chi connectivity index (χ4v) is 1.91. The number of allylic oxidation sites excluding steroid dienone is 1. The Morgan fingerprint density at radius 2 is 1.45 bits per heavy atom. The third-order valence-electron chi connectivity index (χ3n) is 2.78. The third-order valence-corrected chi connectivity index (χ3v) is 3.29. The van der Waals surface area contributed by atoms with E-state index in [0.29, 0.717) is 26.7 Å².